The Kier molecular flexibility index (Phi) is 3.87. The Morgan fingerprint density at radius 1 is 1.00 bits per heavy atom. The highest BCUT2D eigenvalue weighted by Gasteiger charge is 2.51. The Morgan fingerprint density at radius 3 is 2.31 bits per heavy atom. The van der Waals surface area contributed by atoms with E-state index in [0.717, 1.165) is 6.04 Å². The van der Waals surface area contributed by atoms with E-state index in [-0.39, 0.29) is 30.1 Å². The van der Waals surface area contributed by atoms with Crippen molar-refractivity contribution in [2.75, 3.05) is 20.1 Å². The maximum atomic E-state index is 10.2. The van der Waals surface area contributed by atoms with Crippen molar-refractivity contribution in [2.24, 2.45) is 11.8 Å². The molecule has 2 aliphatic carbocycles. The summed E-state index contributed by atoms with van der Waals surface area (Å²) in [7, 11) is 2.43. The Hall–Kier alpha value is 0.650. The highest BCUT2D eigenvalue weighted by atomic mass is 127. The second kappa shape index (κ2) is 4.73. The van der Waals surface area contributed by atoms with Crippen molar-refractivity contribution in [1.29, 1.82) is 0 Å². The summed E-state index contributed by atoms with van der Waals surface area (Å²) in [6, 6.07) is 0.779. The number of aliphatic hydroxyl groups excluding tert-OH is 1. The van der Waals surface area contributed by atoms with Crippen LogP contribution in [0.4, 0.5) is 0 Å². The second-order valence-corrected chi connectivity index (χ2v) is 6.27. The van der Waals surface area contributed by atoms with Crippen LogP contribution in [-0.4, -0.2) is 41.9 Å². The average molecular weight is 337 g/mol. The van der Waals surface area contributed by atoms with Crippen LogP contribution >= 0.6 is 0 Å². The molecule has 3 fully saturated rings. The molecular formula is C13H24INO. The van der Waals surface area contributed by atoms with Gasteiger partial charge in [-0.1, -0.05) is 0 Å². The van der Waals surface area contributed by atoms with Gasteiger partial charge in [-0.05, 0) is 25.2 Å². The van der Waals surface area contributed by atoms with Crippen molar-refractivity contribution < 1.29 is 33.6 Å². The molecular weight excluding hydrogens is 313 g/mol. The molecule has 3 aliphatic rings. The standard InChI is InChI=1S/C13H24NO.HI/c1-14(8-2-3-9-14)12-7-5-10-4-6-11(12)13(10)15;/h10-13,15H,2-9H2,1H3;1H/q+1;/p-1/t10?,11?,12?,13-;/m1./s1. The van der Waals surface area contributed by atoms with Gasteiger partial charge in [0.2, 0.25) is 0 Å². The third kappa shape index (κ3) is 1.93. The molecule has 0 amide bonds. The number of aliphatic hydroxyl groups is 1. The number of nitrogens with zero attached hydrogens (tertiary/aromatic N) is 1. The summed E-state index contributed by atoms with van der Waals surface area (Å²) in [5.74, 6) is 1.28. The first-order chi connectivity index (χ1) is 7.21. The Morgan fingerprint density at radius 2 is 1.62 bits per heavy atom. The summed E-state index contributed by atoms with van der Waals surface area (Å²) < 4.78 is 1.27. The number of halogens is 1. The molecule has 3 rings (SSSR count). The second-order valence-electron chi connectivity index (χ2n) is 6.27. The molecule has 94 valence electrons. The van der Waals surface area contributed by atoms with Gasteiger partial charge in [0.25, 0.3) is 0 Å². The van der Waals surface area contributed by atoms with Gasteiger partial charge in [-0.25, -0.2) is 0 Å². The van der Waals surface area contributed by atoms with E-state index in [2.05, 4.69) is 7.05 Å². The summed E-state index contributed by atoms with van der Waals surface area (Å²) in [5, 5.41) is 10.2. The van der Waals surface area contributed by atoms with E-state index in [4.69, 9.17) is 0 Å². The molecule has 1 heterocycles. The Labute approximate surface area is 116 Å². The van der Waals surface area contributed by atoms with Crippen molar-refractivity contribution in [3.8, 4) is 0 Å². The summed E-state index contributed by atoms with van der Waals surface area (Å²) in [6.07, 6.45) is 8.10. The van der Waals surface area contributed by atoms with Crippen LogP contribution in [-0.2, 0) is 0 Å². The first-order valence-corrected chi connectivity index (χ1v) is 6.73. The summed E-state index contributed by atoms with van der Waals surface area (Å²) in [5.41, 5.74) is 0. The normalized spacial score (nSPS) is 45.4. The molecule has 16 heavy (non-hydrogen) atoms. The number of hydrogen-bond acceptors (Lipinski definition) is 1. The van der Waals surface area contributed by atoms with Gasteiger partial charge in [-0.3, -0.25) is 0 Å². The van der Waals surface area contributed by atoms with Gasteiger partial charge >= 0.3 is 0 Å². The van der Waals surface area contributed by atoms with Gasteiger partial charge in [0.05, 0.1) is 32.3 Å². The number of quaternary nitrogens is 1. The number of rotatable bonds is 1. The lowest BCUT2D eigenvalue weighted by molar-refractivity contribution is -0.927. The lowest BCUT2D eigenvalue weighted by atomic mass is 9.80. The zero-order valence-corrected chi connectivity index (χ0v) is 12.4. The van der Waals surface area contributed by atoms with Crippen molar-refractivity contribution in [3.63, 3.8) is 0 Å². The van der Waals surface area contributed by atoms with Crippen LogP contribution in [0, 0.1) is 11.8 Å². The van der Waals surface area contributed by atoms with E-state index in [1.165, 1.54) is 56.1 Å². The van der Waals surface area contributed by atoms with E-state index < -0.39 is 0 Å². The SMILES string of the molecule is C[N+]1(C2CCC3CCC2[C@@H]3O)CCCC1.[I-]. The fourth-order valence-corrected chi connectivity index (χ4v) is 4.60. The van der Waals surface area contributed by atoms with E-state index >= 15 is 0 Å². The Balaban J connectivity index is 0.000000963. The van der Waals surface area contributed by atoms with Crippen LogP contribution in [0.2, 0.25) is 0 Å². The fourth-order valence-electron chi connectivity index (χ4n) is 4.60. The molecule has 4 atom stereocenters. The van der Waals surface area contributed by atoms with Crippen molar-refractivity contribution >= 4 is 0 Å². The largest absolute Gasteiger partial charge is 1.00 e. The third-order valence-corrected chi connectivity index (χ3v) is 5.51. The van der Waals surface area contributed by atoms with Gasteiger partial charge in [0.15, 0.2) is 0 Å². The highest BCUT2D eigenvalue weighted by molar-refractivity contribution is 4.94. The molecule has 1 aliphatic heterocycles. The lowest BCUT2D eigenvalue weighted by Crippen LogP contribution is -3.00. The van der Waals surface area contributed by atoms with Gasteiger partial charge in [0, 0.05) is 25.2 Å². The molecule has 2 nitrogen and oxygen atoms in total. The molecule has 0 spiro atoms. The third-order valence-electron chi connectivity index (χ3n) is 5.51. The molecule has 2 bridgehead atoms. The molecule has 0 aromatic heterocycles. The number of fused-ring (bicyclic) bond motifs is 2. The molecule has 0 aromatic carbocycles. The van der Waals surface area contributed by atoms with E-state index in [9.17, 15) is 5.11 Å². The molecule has 0 radical (unpaired) electrons. The average Bonchev–Trinajstić information content (AvgIpc) is 2.72. The topological polar surface area (TPSA) is 20.2 Å². The van der Waals surface area contributed by atoms with Gasteiger partial charge in [-0.15, -0.1) is 0 Å². The molecule has 1 N–H and O–H groups in total. The van der Waals surface area contributed by atoms with Crippen LogP contribution < -0.4 is 24.0 Å². The van der Waals surface area contributed by atoms with Gasteiger partial charge in [-0.2, -0.15) is 0 Å². The molecule has 2 saturated carbocycles. The summed E-state index contributed by atoms with van der Waals surface area (Å²) in [4.78, 5) is 0. The number of likely N-dealkylation sites (tertiary alicyclic amines) is 1. The summed E-state index contributed by atoms with van der Waals surface area (Å²) in [6.45, 7) is 2.72. The zero-order valence-electron chi connectivity index (χ0n) is 10.2. The van der Waals surface area contributed by atoms with E-state index in [1.807, 2.05) is 0 Å². The smallest absolute Gasteiger partial charge is 0.0941 e. The van der Waals surface area contributed by atoms with E-state index in [1.54, 1.807) is 0 Å². The maximum absolute atomic E-state index is 10.2. The number of hydrogen-bond donors (Lipinski definition) is 1. The van der Waals surface area contributed by atoms with E-state index in [0.29, 0.717) is 11.8 Å². The minimum Gasteiger partial charge on any atom is -1.00 e. The molecule has 3 unspecified atom stereocenters. The van der Waals surface area contributed by atoms with Crippen LogP contribution in [0.15, 0.2) is 0 Å². The predicted octanol–water partition coefficient (Wildman–Crippen LogP) is -1.22. The van der Waals surface area contributed by atoms with Crippen LogP contribution in [0.5, 0.6) is 0 Å². The van der Waals surface area contributed by atoms with Gasteiger partial charge in [0.1, 0.15) is 0 Å². The fraction of sp³-hybridized carbons (Fsp3) is 1.00. The molecule has 0 aromatic rings. The van der Waals surface area contributed by atoms with Crippen LogP contribution in [0.25, 0.3) is 0 Å². The summed E-state index contributed by atoms with van der Waals surface area (Å²) >= 11 is 0. The van der Waals surface area contributed by atoms with Crippen molar-refractivity contribution in [2.45, 2.75) is 50.7 Å². The minimum absolute atomic E-state index is 0. The molecule has 3 heteroatoms. The zero-order chi connectivity index (χ0) is 10.5. The van der Waals surface area contributed by atoms with Crippen LogP contribution in [0.3, 0.4) is 0 Å². The van der Waals surface area contributed by atoms with Gasteiger partial charge < -0.3 is 33.6 Å². The maximum Gasteiger partial charge on any atom is 0.0941 e. The minimum atomic E-state index is 0. The monoisotopic (exact) mass is 337 g/mol. The quantitative estimate of drug-likeness (QED) is 0.470. The predicted molar refractivity (Wildman–Crippen MR) is 60.4 cm³/mol. The van der Waals surface area contributed by atoms with Crippen molar-refractivity contribution in [3.05, 3.63) is 0 Å². The first-order valence-electron chi connectivity index (χ1n) is 6.73. The highest BCUT2D eigenvalue weighted by Crippen LogP contribution is 2.46. The lowest BCUT2D eigenvalue weighted by Gasteiger charge is -2.45. The first kappa shape index (κ1) is 13.1. The van der Waals surface area contributed by atoms with Crippen molar-refractivity contribution in [1.82, 2.24) is 0 Å². The Bertz CT molecular complexity index is 252. The molecule has 1 saturated heterocycles. The van der Waals surface area contributed by atoms with Crippen LogP contribution in [0.1, 0.15) is 38.5 Å².